The SMILES string of the molecule is COCCCN(C)CCS(=O)(=O)c1cccc(C(=O)O)c1. The van der Waals surface area contributed by atoms with E-state index in [1.54, 1.807) is 7.11 Å². The van der Waals surface area contributed by atoms with Crippen LogP contribution in [0, 0.1) is 0 Å². The highest BCUT2D eigenvalue weighted by atomic mass is 32.2. The highest BCUT2D eigenvalue weighted by Gasteiger charge is 2.17. The van der Waals surface area contributed by atoms with Crippen LogP contribution in [0.2, 0.25) is 0 Å². The van der Waals surface area contributed by atoms with Crippen molar-refractivity contribution in [2.45, 2.75) is 11.3 Å². The lowest BCUT2D eigenvalue weighted by molar-refractivity contribution is 0.0696. The molecular formula is C14H21NO5S. The molecule has 1 aromatic rings. The second kappa shape index (κ2) is 8.11. The Labute approximate surface area is 125 Å². The van der Waals surface area contributed by atoms with Gasteiger partial charge >= 0.3 is 5.97 Å². The van der Waals surface area contributed by atoms with Crippen LogP contribution >= 0.6 is 0 Å². The van der Waals surface area contributed by atoms with Gasteiger partial charge in [0.25, 0.3) is 0 Å². The average Bonchev–Trinajstić information content (AvgIpc) is 2.45. The molecular weight excluding hydrogens is 294 g/mol. The number of ether oxygens (including phenoxy) is 1. The molecule has 1 rings (SSSR count). The maximum absolute atomic E-state index is 12.2. The standard InChI is InChI=1S/C14H21NO5S/c1-15(7-4-9-20-2)8-10-21(18,19)13-6-3-5-12(11-13)14(16)17/h3,5-6,11H,4,7-10H2,1-2H3,(H,16,17). The third kappa shape index (κ3) is 5.82. The van der Waals surface area contributed by atoms with Gasteiger partial charge < -0.3 is 14.7 Å². The van der Waals surface area contributed by atoms with E-state index in [1.165, 1.54) is 24.3 Å². The minimum atomic E-state index is -3.48. The molecule has 0 aliphatic carbocycles. The number of carbonyl (C=O) groups is 1. The van der Waals surface area contributed by atoms with E-state index in [1.807, 2.05) is 11.9 Å². The van der Waals surface area contributed by atoms with Crippen molar-refractivity contribution in [3.05, 3.63) is 29.8 Å². The second-order valence-corrected chi connectivity index (χ2v) is 6.91. The van der Waals surface area contributed by atoms with Gasteiger partial charge in [-0.3, -0.25) is 0 Å². The molecule has 0 unspecified atom stereocenters. The fourth-order valence-electron chi connectivity index (χ4n) is 1.81. The van der Waals surface area contributed by atoms with Gasteiger partial charge in [0.05, 0.1) is 16.2 Å². The summed E-state index contributed by atoms with van der Waals surface area (Å²) in [6.07, 6.45) is 0.835. The summed E-state index contributed by atoms with van der Waals surface area (Å²) in [7, 11) is -0.00723. The van der Waals surface area contributed by atoms with E-state index in [9.17, 15) is 13.2 Å². The Morgan fingerprint density at radius 2 is 2.05 bits per heavy atom. The predicted molar refractivity (Wildman–Crippen MR) is 79.4 cm³/mol. The normalized spacial score (nSPS) is 11.8. The quantitative estimate of drug-likeness (QED) is 0.688. The number of benzene rings is 1. The van der Waals surface area contributed by atoms with Crippen molar-refractivity contribution in [1.82, 2.24) is 4.90 Å². The van der Waals surface area contributed by atoms with Crippen LogP contribution in [-0.2, 0) is 14.6 Å². The highest BCUT2D eigenvalue weighted by molar-refractivity contribution is 7.91. The summed E-state index contributed by atoms with van der Waals surface area (Å²) < 4.78 is 29.3. The first kappa shape index (κ1) is 17.6. The molecule has 0 fully saturated rings. The van der Waals surface area contributed by atoms with Crippen molar-refractivity contribution in [3.63, 3.8) is 0 Å². The molecule has 6 nitrogen and oxygen atoms in total. The Hall–Kier alpha value is -1.44. The third-order valence-electron chi connectivity index (χ3n) is 3.07. The maximum atomic E-state index is 12.2. The Morgan fingerprint density at radius 3 is 2.67 bits per heavy atom. The molecule has 0 heterocycles. The Morgan fingerprint density at radius 1 is 1.33 bits per heavy atom. The zero-order chi connectivity index (χ0) is 15.9. The number of carboxylic acid groups (broad SMARTS) is 1. The van der Waals surface area contributed by atoms with E-state index in [4.69, 9.17) is 9.84 Å². The Kier molecular flexibility index (Phi) is 6.80. The molecule has 0 atom stereocenters. The van der Waals surface area contributed by atoms with E-state index in [0.717, 1.165) is 13.0 Å². The Bertz CT molecular complexity index is 570. The van der Waals surface area contributed by atoms with Crippen LogP contribution in [0.4, 0.5) is 0 Å². The van der Waals surface area contributed by atoms with Crippen LogP contribution in [0.5, 0.6) is 0 Å². The van der Waals surface area contributed by atoms with Crippen LogP contribution in [0.25, 0.3) is 0 Å². The van der Waals surface area contributed by atoms with Crippen molar-refractivity contribution < 1.29 is 23.1 Å². The largest absolute Gasteiger partial charge is 0.478 e. The summed E-state index contributed by atoms with van der Waals surface area (Å²) in [6.45, 7) is 1.78. The van der Waals surface area contributed by atoms with Crippen molar-refractivity contribution in [1.29, 1.82) is 0 Å². The van der Waals surface area contributed by atoms with E-state index >= 15 is 0 Å². The molecule has 0 radical (unpaired) electrons. The van der Waals surface area contributed by atoms with Crippen LogP contribution < -0.4 is 0 Å². The van der Waals surface area contributed by atoms with Crippen LogP contribution in [0.3, 0.4) is 0 Å². The number of sulfone groups is 1. The van der Waals surface area contributed by atoms with Crippen LogP contribution in [0.1, 0.15) is 16.8 Å². The number of aromatic carboxylic acids is 1. The molecule has 0 aliphatic heterocycles. The van der Waals surface area contributed by atoms with Crippen molar-refractivity contribution in [2.75, 3.05) is 39.6 Å². The van der Waals surface area contributed by atoms with Gasteiger partial charge in [0.1, 0.15) is 0 Å². The summed E-state index contributed by atoms with van der Waals surface area (Å²) in [5.74, 6) is -1.18. The topological polar surface area (TPSA) is 83.9 Å². The Balaban J connectivity index is 2.65. The highest BCUT2D eigenvalue weighted by Crippen LogP contribution is 2.13. The molecule has 0 saturated heterocycles. The third-order valence-corrected chi connectivity index (χ3v) is 4.76. The molecule has 0 saturated carbocycles. The van der Waals surface area contributed by atoms with Gasteiger partial charge in [-0.15, -0.1) is 0 Å². The lowest BCUT2D eigenvalue weighted by Gasteiger charge is -2.16. The number of hydrogen-bond acceptors (Lipinski definition) is 5. The van der Waals surface area contributed by atoms with Gasteiger partial charge in [-0.25, -0.2) is 13.2 Å². The summed E-state index contributed by atoms with van der Waals surface area (Å²) in [6, 6.07) is 5.44. The fourth-order valence-corrected chi connectivity index (χ4v) is 3.19. The van der Waals surface area contributed by atoms with E-state index < -0.39 is 15.8 Å². The molecule has 1 aromatic carbocycles. The summed E-state index contributed by atoms with van der Waals surface area (Å²) in [5, 5.41) is 8.90. The molecule has 7 heteroatoms. The monoisotopic (exact) mass is 315 g/mol. The lowest BCUT2D eigenvalue weighted by atomic mass is 10.2. The second-order valence-electron chi connectivity index (χ2n) is 4.80. The molecule has 1 N–H and O–H groups in total. The van der Waals surface area contributed by atoms with Crippen molar-refractivity contribution in [3.8, 4) is 0 Å². The van der Waals surface area contributed by atoms with Gasteiger partial charge in [-0.1, -0.05) is 6.07 Å². The number of rotatable bonds is 9. The summed E-state index contributed by atoms with van der Waals surface area (Å²) in [5.41, 5.74) is -0.0236. The first-order valence-corrected chi connectivity index (χ1v) is 8.25. The fraction of sp³-hybridized carbons (Fsp3) is 0.500. The average molecular weight is 315 g/mol. The first-order valence-electron chi connectivity index (χ1n) is 6.60. The minimum Gasteiger partial charge on any atom is -0.478 e. The number of hydrogen-bond donors (Lipinski definition) is 1. The van der Waals surface area contributed by atoms with E-state index in [0.29, 0.717) is 13.2 Å². The maximum Gasteiger partial charge on any atom is 0.335 e. The molecule has 0 spiro atoms. The summed E-state index contributed by atoms with van der Waals surface area (Å²) >= 11 is 0. The smallest absolute Gasteiger partial charge is 0.335 e. The van der Waals surface area contributed by atoms with Crippen molar-refractivity contribution in [2.24, 2.45) is 0 Å². The molecule has 0 bridgehead atoms. The summed E-state index contributed by atoms with van der Waals surface area (Å²) in [4.78, 5) is 12.8. The van der Waals surface area contributed by atoms with Gasteiger partial charge in [0.2, 0.25) is 0 Å². The minimum absolute atomic E-state index is 0.0236. The first-order chi connectivity index (χ1) is 9.86. The number of methoxy groups -OCH3 is 1. The van der Waals surface area contributed by atoms with E-state index in [2.05, 4.69) is 0 Å². The molecule has 21 heavy (non-hydrogen) atoms. The van der Waals surface area contributed by atoms with Gasteiger partial charge in [-0.2, -0.15) is 0 Å². The molecule has 0 aromatic heterocycles. The van der Waals surface area contributed by atoms with Crippen molar-refractivity contribution >= 4 is 15.8 Å². The number of carboxylic acids is 1. The van der Waals surface area contributed by atoms with Gasteiger partial charge in [-0.05, 0) is 31.7 Å². The van der Waals surface area contributed by atoms with Gasteiger partial charge in [0.15, 0.2) is 9.84 Å². The molecule has 118 valence electrons. The van der Waals surface area contributed by atoms with E-state index in [-0.39, 0.29) is 16.2 Å². The number of nitrogens with zero attached hydrogens (tertiary/aromatic N) is 1. The predicted octanol–water partition coefficient (Wildman–Crippen LogP) is 1.13. The molecule has 0 amide bonds. The van der Waals surface area contributed by atoms with Crippen LogP contribution in [0.15, 0.2) is 29.2 Å². The zero-order valence-electron chi connectivity index (χ0n) is 12.3. The molecule has 0 aliphatic rings. The van der Waals surface area contributed by atoms with Gasteiger partial charge in [0, 0.05) is 26.8 Å². The zero-order valence-corrected chi connectivity index (χ0v) is 13.1. The lowest BCUT2D eigenvalue weighted by Crippen LogP contribution is -2.27. The van der Waals surface area contributed by atoms with Crippen LogP contribution in [-0.4, -0.2) is 64.0 Å².